The predicted molar refractivity (Wildman–Crippen MR) is 43.5 cm³/mol. The summed E-state index contributed by atoms with van der Waals surface area (Å²) in [5, 5.41) is 10.8. The standard InChI is InChI=1S/C8H9NO4/c10-4-3-9-8(12)7-2-1-6(5-11)13-7/h1-2,5,10H,3-4H2,(H,9,12). The lowest BCUT2D eigenvalue weighted by Gasteiger charge is -1.98. The molecule has 1 heterocycles. The minimum Gasteiger partial charge on any atom is -0.448 e. The van der Waals surface area contributed by atoms with Crippen molar-refractivity contribution in [1.29, 1.82) is 0 Å². The second-order valence-corrected chi connectivity index (χ2v) is 2.30. The third kappa shape index (κ3) is 2.41. The number of carbonyl (C=O) groups excluding carboxylic acids is 2. The maximum atomic E-state index is 11.1. The van der Waals surface area contributed by atoms with Crippen LogP contribution in [-0.4, -0.2) is 30.5 Å². The first-order valence-corrected chi connectivity index (χ1v) is 3.72. The Morgan fingerprint density at radius 1 is 1.62 bits per heavy atom. The van der Waals surface area contributed by atoms with Crippen LogP contribution < -0.4 is 5.32 Å². The number of aliphatic hydroxyl groups is 1. The second-order valence-electron chi connectivity index (χ2n) is 2.30. The van der Waals surface area contributed by atoms with Crippen LogP contribution >= 0.6 is 0 Å². The molecule has 5 nitrogen and oxygen atoms in total. The van der Waals surface area contributed by atoms with Gasteiger partial charge in [0.15, 0.2) is 17.8 Å². The van der Waals surface area contributed by atoms with Gasteiger partial charge in [-0.05, 0) is 12.1 Å². The molecule has 0 aliphatic carbocycles. The van der Waals surface area contributed by atoms with Crippen molar-refractivity contribution in [2.45, 2.75) is 0 Å². The number of rotatable bonds is 4. The molecule has 0 saturated carbocycles. The highest BCUT2D eigenvalue weighted by molar-refractivity contribution is 5.92. The second kappa shape index (κ2) is 4.42. The number of nitrogens with one attached hydrogen (secondary N) is 1. The van der Waals surface area contributed by atoms with Gasteiger partial charge in [0.1, 0.15) is 0 Å². The molecule has 0 saturated heterocycles. The summed E-state index contributed by atoms with van der Waals surface area (Å²) in [7, 11) is 0. The fourth-order valence-corrected chi connectivity index (χ4v) is 0.795. The third-order valence-electron chi connectivity index (χ3n) is 1.36. The highest BCUT2D eigenvalue weighted by atomic mass is 16.4. The van der Waals surface area contributed by atoms with Crippen molar-refractivity contribution < 1.29 is 19.1 Å². The predicted octanol–water partition coefficient (Wildman–Crippen LogP) is -0.186. The Morgan fingerprint density at radius 2 is 2.38 bits per heavy atom. The number of aliphatic hydroxyl groups excluding tert-OH is 1. The first kappa shape index (κ1) is 9.47. The quantitative estimate of drug-likeness (QED) is 0.634. The Kier molecular flexibility index (Phi) is 3.22. The number of hydrogen-bond donors (Lipinski definition) is 2. The first-order chi connectivity index (χ1) is 6.27. The molecule has 0 radical (unpaired) electrons. The average Bonchev–Trinajstić information content (AvgIpc) is 2.62. The molecular weight excluding hydrogens is 174 g/mol. The molecule has 0 atom stereocenters. The molecule has 1 rings (SSSR count). The molecular formula is C8H9NO4. The van der Waals surface area contributed by atoms with E-state index < -0.39 is 5.91 Å². The molecule has 0 aliphatic rings. The molecule has 0 aromatic carbocycles. The van der Waals surface area contributed by atoms with Gasteiger partial charge in [0.05, 0.1) is 6.61 Å². The highest BCUT2D eigenvalue weighted by Gasteiger charge is 2.09. The van der Waals surface area contributed by atoms with E-state index in [-0.39, 0.29) is 24.7 Å². The van der Waals surface area contributed by atoms with Crippen molar-refractivity contribution in [2.24, 2.45) is 0 Å². The fourth-order valence-electron chi connectivity index (χ4n) is 0.795. The summed E-state index contributed by atoms with van der Waals surface area (Å²) >= 11 is 0. The van der Waals surface area contributed by atoms with Gasteiger partial charge in [0.25, 0.3) is 5.91 Å². The Bertz CT molecular complexity index is 305. The van der Waals surface area contributed by atoms with Crippen molar-refractivity contribution >= 4 is 12.2 Å². The molecule has 0 spiro atoms. The number of hydrogen-bond acceptors (Lipinski definition) is 4. The lowest BCUT2D eigenvalue weighted by molar-refractivity contribution is 0.0914. The zero-order valence-corrected chi connectivity index (χ0v) is 6.82. The van der Waals surface area contributed by atoms with Crippen LogP contribution in [0.1, 0.15) is 21.1 Å². The maximum Gasteiger partial charge on any atom is 0.287 e. The van der Waals surface area contributed by atoms with Crippen LogP contribution in [0.15, 0.2) is 16.5 Å². The van der Waals surface area contributed by atoms with E-state index in [2.05, 4.69) is 5.32 Å². The Hall–Kier alpha value is -1.62. The highest BCUT2D eigenvalue weighted by Crippen LogP contribution is 2.04. The van der Waals surface area contributed by atoms with Crippen molar-refractivity contribution in [3.8, 4) is 0 Å². The SMILES string of the molecule is O=Cc1ccc(C(=O)NCCO)o1. The van der Waals surface area contributed by atoms with E-state index in [1.165, 1.54) is 12.1 Å². The van der Waals surface area contributed by atoms with Crippen LogP contribution in [0.2, 0.25) is 0 Å². The Morgan fingerprint density at radius 3 is 2.92 bits per heavy atom. The zero-order chi connectivity index (χ0) is 9.68. The first-order valence-electron chi connectivity index (χ1n) is 3.72. The molecule has 1 aromatic rings. The lowest BCUT2D eigenvalue weighted by Crippen LogP contribution is -2.25. The van der Waals surface area contributed by atoms with Crippen LogP contribution in [0.5, 0.6) is 0 Å². The molecule has 0 unspecified atom stereocenters. The minimum atomic E-state index is -0.442. The van der Waals surface area contributed by atoms with Crippen LogP contribution in [0.4, 0.5) is 0 Å². The van der Waals surface area contributed by atoms with Crippen LogP contribution in [0.3, 0.4) is 0 Å². The molecule has 0 bridgehead atoms. The minimum absolute atomic E-state index is 0.0653. The van der Waals surface area contributed by atoms with E-state index in [1.54, 1.807) is 0 Å². The summed E-state index contributed by atoms with van der Waals surface area (Å²) in [6.07, 6.45) is 0.517. The largest absolute Gasteiger partial charge is 0.448 e. The fraction of sp³-hybridized carbons (Fsp3) is 0.250. The molecule has 0 aliphatic heterocycles. The van der Waals surface area contributed by atoms with Crippen molar-refractivity contribution in [3.05, 3.63) is 23.7 Å². The lowest BCUT2D eigenvalue weighted by atomic mass is 10.4. The monoisotopic (exact) mass is 183 g/mol. The molecule has 5 heteroatoms. The van der Waals surface area contributed by atoms with Crippen LogP contribution in [0.25, 0.3) is 0 Å². The number of furan rings is 1. The number of amides is 1. The van der Waals surface area contributed by atoms with E-state index in [9.17, 15) is 9.59 Å². The van der Waals surface area contributed by atoms with Crippen molar-refractivity contribution in [1.82, 2.24) is 5.32 Å². The molecule has 1 aromatic heterocycles. The van der Waals surface area contributed by atoms with E-state index in [0.717, 1.165) is 0 Å². The van der Waals surface area contributed by atoms with E-state index in [1.807, 2.05) is 0 Å². The summed E-state index contributed by atoms with van der Waals surface area (Å²) in [6, 6.07) is 2.80. The molecule has 0 fully saturated rings. The van der Waals surface area contributed by atoms with Gasteiger partial charge < -0.3 is 14.8 Å². The Balaban J connectivity index is 2.60. The molecule has 2 N–H and O–H groups in total. The van der Waals surface area contributed by atoms with Gasteiger partial charge in [0.2, 0.25) is 0 Å². The van der Waals surface area contributed by atoms with Gasteiger partial charge in [-0.15, -0.1) is 0 Å². The normalized spacial score (nSPS) is 9.62. The topological polar surface area (TPSA) is 79.5 Å². The van der Waals surface area contributed by atoms with E-state index >= 15 is 0 Å². The summed E-state index contributed by atoms with van der Waals surface area (Å²) < 4.78 is 4.83. The number of aldehydes is 1. The summed E-state index contributed by atoms with van der Waals surface area (Å²) in [5.41, 5.74) is 0. The van der Waals surface area contributed by atoms with Gasteiger partial charge in [-0.1, -0.05) is 0 Å². The van der Waals surface area contributed by atoms with Gasteiger partial charge in [-0.2, -0.15) is 0 Å². The van der Waals surface area contributed by atoms with Crippen molar-refractivity contribution in [2.75, 3.05) is 13.2 Å². The third-order valence-corrected chi connectivity index (χ3v) is 1.36. The van der Waals surface area contributed by atoms with Crippen LogP contribution in [0, 0.1) is 0 Å². The van der Waals surface area contributed by atoms with Gasteiger partial charge >= 0.3 is 0 Å². The molecule has 70 valence electrons. The molecule has 1 amide bonds. The summed E-state index contributed by atoms with van der Waals surface area (Å²) in [5.74, 6) is -0.271. The molecule has 13 heavy (non-hydrogen) atoms. The van der Waals surface area contributed by atoms with Crippen LogP contribution in [-0.2, 0) is 0 Å². The zero-order valence-electron chi connectivity index (χ0n) is 6.82. The Labute approximate surface area is 74.4 Å². The maximum absolute atomic E-state index is 11.1. The smallest absolute Gasteiger partial charge is 0.287 e. The van der Waals surface area contributed by atoms with Gasteiger partial charge in [0, 0.05) is 6.54 Å². The average molecular weight is 183 g/mol. The van der Waals surface area contributed by atoms with E-state index in [4.69, 9.17) is 9.52 Å². The van der Waals surface area contributed by atoms with Crippen molar-refractivity contribution in [3.63, 3.8) is 0 Å². The summed E-state index contributed by atoms with van der Waals surface area (Å²) in [4.78, 5) is 21.3. The van der Waals surface area contributed by atoms with Gasteiger partial charge in [-0.3, -0.25) is 9.59 Å². The van der Waals surface area contributed by atoms with E-state index in [0.29, 0.717) is 6.29 Å². The summed E-state index contributed by atoms with van der Waals surface area (Å²) in [6.45, 7) is 0.0307. The van der Waals surface area contributed by atoms with Gasteiger partial charge in [-0.25, -0.2) is 0 Å². The number of carbonyl (C=O) groups is 2.